The zero-order valence-corrected chi connectivity index (χ0v) is 12.1. The Bertz CT molecular complexity index is 467. The monoisotopic (exact) mass is 293 g/mol. The van der Waals surface area contributed by atoms with Crippen LogP contribution in [0.1, 0.15) is 35.2 Å². The number of carbonyl (C=O) groups excluding carboxylic acids is 1. The molecule has 2 N–H and O–H groups in total. The Morgan fingerprint density at radius 3 is 2.45 bits per heavy atom. The minimum atomic E-state index is -0.926. The van der Waals surface area contributed by atoms with Crippen molar-refractivity contribution in [1.29, 1.82) is 0 Å². The van der Waals surface area contributed by atoms with Gasteiger partial charge in [0.15, 0.2) is 0 Å². The molecule has 20 heavy (non-hydrogen) atoms. The van der Waals surface area contributed by atoms with E-state index in [9.17, 15) is 9.59 Å². The number of thioether (sulfide) groups is 1. The van der Waals surface area contributed by atoms with E-state index in [0.29, 0.717) is 18.9 Å². The van der Waals surface area contributed by atoms with Crippen LogP contribution in [-0.4, -0.2) is 34.5 Å². The van der Waals surface area contributed by atoms with E-state index in [1.54, 1.807) is 24.3 Å². The fraction of sp³-hybridized carbons (Fsp3) is 0.467. The smallest absolute Gasteiger partial charge is 0.335 e. The van der Waals surface area contributed by atoms with Crippen LogP contribution in [0.2, 0.25) is 0 Å². The van der Waals surface area contributed by atoms with Gasteiger partial charge in [-0.05, 0) is 48.5 Å². The van der Waals surface area contributed by atoms with E-state index < -0.39 is 5.97 Å². The molecule has 1 fully saturated rings. The van der Waals surface area contributed by atoms with Crippen LogP contribution in [0.5, 0.6) is 0 Å². The second-order valence-electron chi connectivity index (χ2n) is 4.96. The Morgan fingerprint density at radius 1 is 1.20 bits per heavy atom. The molecule has 5 heteroatoms. The highest BCUT2D eigenvalue weighted by molar-refractivity contribution is 7.99. The Balaban J connectivity index is 1.76. The fourth-order valence-electron chi connectivity index (χ4n) is 2.21. The Hall–Kier alpha value is -1.49. The molecule has 1 aliphatic rings. The van der Waals surface area contributed by atoms with Gasteiger partial charge in [0, 0.05) is 12.5 Å². The molecule has 1 aromatic rings. The van der Waals surface area contributed by atoms with Crippen molar-refractivity contribution in [3.05, 3.63) is 35.4 Å². The first kappa shape index (κ1) is 14.9. The number of amides is 1. The molecule has 0 atom stereocenters. The first-order valence-corrected chi connectivity index (χ1v) is 8.00. The van der Waals surface area contributed by atoms with Crippen LogP contribution in [0.4, 0.5) is 0 Å². The molecule has 0 radical (unpaired) electrons. The van der Waals surface area contributed by atoms with Gasteiger partial charge in [-0.15, -0.1) is 0 Å². The highest BCUT2D eigenvalue weighted by Gasteiger charge is 2.15. The van der Waals surface area contributed by atoms with Crippen molar-refractivity contribution in [2.75, 3.05) is 11.5 Å². The second kappa shape index (κ2) is 7.33. The van der Waals surface area contributed by atoms with Crippen LogP contribution in [0.15, 0.2) is 24.3 Å². The Morgan fingerprint density at radius 2 is 1.85 bits per heavy atom. The average Bonchev–Trinajstić information content (AvgIpc) is 2.46. The summed E-state index contributed by atoms with van der Waals surface area (Å²) in [4.78, 5) is 22.6. The summed E-state index contributed by atoms with van der Waals surface area (Å²) in [7, 11) is 0. The van der Waals surface area contributed by atoms with E-state index >= 15 is 0 Å². The van der Waals surface area contributed by atoms with Gasteiger partial charge in [-0.25, -0.2) is 4.79 Å². The molecule has 1 amide bonds. The van der Waals surface area contributed by atoms with Crippen molar-refractivity contribution in [3.63, 3.8) is 0 Å². The van der Waals surface area contributed by atoms with Crippen LogP contribution >= 0.6 is 11.8 Å². The lowest BCUT2D eigenvalue weighted by Crippen LogP contribution is -2.37. The number of rotatable bonds is 5. The molecule has 4 nitrogen and oxygen atoms in total. The topological polar surface area (TPSA) is 66.4 Å². The van der Waals surface area contributed by atoms with Crippen LogP contribution in [0.3, 0.4) is 0 Å². The van der Waals surface area contributed by atoms with Crippen LogP contribution in [0, 0.1) is 0 Å². The maximum absolute atomic E-state index is 11.8. The molecular formula is C15H19NO3S. The number of hydrogen-bond acceptors (Lipinski definition) is 3. The number of nitrogens with one attached hydrogen (secondary N) is 1. The first-order valence-electron chi connectivity index (χ1n) is 6.84. The fourth-order valence-corrected chi connectivity index (χ4v) is 3.32. The third kappa shape index (κ3) is 4.56. The van der Waals surface area contributed by atoms with Gasteiger partial charge in [0.25, 0.3) is 0 Å². The predicted molar refractivity (Wildman–Crippen MR) is 80.2 cm³/mol. The molecule has 1 aromatic carbocycles. The van der Waals surface area contributed by atoms with Gasteiger partial charge < -0.3 is 10.4 Å². The highest BCUT2D eigenvalue weighted by Crippen LogP contribution is 2.17. The molecule has 0 unspecified atom stereocenters. The molecule has 108 valence electrons. The molecule has 2 rings (SSSR count). The summed E-state index contributed by atoms with van der Waals surface area (Å²) < 4.78 is 0. The molecule has 0 saturated carbocycles. The lowest BCUT2D eigenvalue weighted by atomic mass is 10.1. The van der Waals surface area contributed by atoms with Gasteiger partial charge in [-0.1, -0.05) is 12.1 Å². The molecule has 0 spiro atoms. The molecule has 1 aliphatic heterocycles. The molecule has 0 aliphatic carbocycles. The van der Waals surface area contributed by atoms with Crippen LogP contribution in [-0.2, 0) is 11.2 Å². The Kier molecular flexibility index (Phi) is 5.47. The minimum Gasteiger partial charge on any atom is -0.478 e. The molecule has 0 bridgehead atoms. The number of aryl methyl sites for hydroxylation is 1. The highest BCUT2D eigenvalue weighted by atomic mass is 32.2. The average molecular weight is 293 g/mol. The summed E-state index contributed by atoms with van der Waals surface area (Å²) in [5.41, 5.74) is 1.27. The number of carboxylic acid groups (broad SMARTS) is 1. The van der Waals surface area contributed by atoms with Crippen molar-refractivity contribution < 1.29 is 14.7 Å². The molecule has 1 heterocycles. The predicted octanol–water partition coefficient (Wildman–Crippen LogP) is 2.33. The molecular weight excluding hydrogens is 274 g/mol. The van der Waals surface area contributed by atoms with Crippen molar-refractivity contribution in [3.8, 4) is 0 Å². The second-order valence-corrected chi connectivity index (χ2v) is 6.18. The third-order valence-corrected chi connectivity index (χ3v) is 4.48. The number of carbonyl (C=O) groups is 2. The number of aromatic carboxylic acids is 1. The maximum atomic E-state index is 11.8. The maximum Gasteiger partial charge on any atom is 0.335 e. The summed E-state index contributed by atoms with van der Waals surface area (Å²) in [6.45, 7) is 0. The zero-order valence-electron chi connectivity index (χ0n) is 11.3. The van der Waals surface area contributed by atoms with E-state index in [0.717, 1.165) is 29.9 Å². The van der Waals surface area contributed by atoms with E-state index in [1.165, 1.54) is 0 Å². The summed E-state index contributed by atoms with van der Waals surface area (Å²) in [5.74, 6) is 1.41. The van der Waals surface area contributed by atoms with Gasteiger partial charge in [0.1, 0.15) is 0 Å². The van der Waals surface area contributed by atoms with Gasteiger partial charge >= 0.3 is 5.97 Å². The Labute approximate surface area is 123 Å². The number of carboxylic acids is 1. The lowest BCUT2D eigenvalue weighted by molar-refractivity contribution is -0.121. The lowest BCUT2D eigenvalue weighted by Gasteiger charge is -2.22. The molecule has 1 saturated heterocycles. The summed E-state index contributed by atoms with van der Waals surface area (Å²) in [5, 5.41) is 11.9. The van der Waals surface area contributed by atoms with Crippen molar-refractivity contribution in [2.24, 2.45) is 0 Å². The standard InChI is InChI=1S/C15H19NO3S/c17-14(16-13-7-9-20-10-8-13)6-3-11-1-4-12(5-2-11)15(18)19/h1-2,4-5,13H,3,6-10H2,(H,16,17)(H,18,19). The third-order valence-electron chi connectivity index (χ3n) is 3.43. The quantitative estimate of drug-likeness (QED) is 0.874. The van der Waals surface area contributed by atoms with Gasteiger partial charge in [-0.3, -0.25) is 4.79 Å². The van der Waals surface area contributed by atoms with E-state index in [4.69, 9.17) is 5.11 Å². The van der Waals surface area contributed by atoms with Crippen LogP contribution < -0.4 is 5.32 Å². The first-order chi connectivity index (χ1) is 9.65. The van der Waals surface area contributed by atoms with E-state index in [-0.39, 0.29) is 11.5 Å². The summed E-state index contributed by atoms with van der Waals surface area (Å²) >= 11 is 1.94. The molecule has 0 aromatic heterocycles. The van der Waals surface area contributed by atoms with Crippen molar-refractivity contribution in [2.45, 2.75) is 31.7 Å². The van der Waals surface area contributed by atoms with Crippen LogP contribution in [0.25, 0.3) is 0 Å². The van der Waals surface area contributed by atoms with E-state index in [1.807, 2.05) is 11.8 Å². The van der Waals surface area contributed by atoms with Gasteiger partial charge in [0.05, 0.1) is 5.56 Å². The van der Waals surface area contributed by atoms with Gasteiger partial charge in [-0.2, -0.15) is 11.8 Å². The number of hydrogen-bond donors (Lipinski definition) is 2. The minimum absolute atomic E-state index is 0.0872. The van der Waals surface area contributed by atoms with Gasteiger partial charge in [0.2, 0.25) is 5.91 Å². The largest absolute Gasteiger partial charge is 0.478 e. The van der Waals surface area contributed by atoms with Crippen molar-refractivity contribution >= 4 is 23.6 Å². The van der Waals surface area contributed by atoms with Crippen molar-refractivity contribution in [1.82, 2.24) is 5.32 Å². The normalized spacial score (nSPS) is 15.8. The number of benzene rings is 1. The summed E-state index contributed by atoms with van der Waals surface area (Å²) in [6.07, 6.45) is 3.22. The van der Waals surface area contributed by atoms with E-state index in [2.05, 4.69) is 5.32 Å². The summed E-state index contributed by atoms with van der Waals surface area (Å²) in [6, 6.07) is 7.03. The zero-order chi connectivity index (χ0) is 14.4. The SMILES string of the molecule is O=C(CCc1ccc(C(=O)O)cc1)NC1CCSCC1.